The maximum atomic E-state index is 14.5. The zero-order chi connectivity index (χ0) is 33.5. The summed E-state index contributed by atoms with van der Waals surface area (Å²) in [6.45, 7) is 9.59. The predicted octanol–water partition coefficient (Wildman–Crippen LogP) is 6.15. The van der Waals surface area contributed by atoms with E-state index in [1.54, 1.807) is 23.4 Å². The van der Waals surface area contributed by atoms with E-state index < -0.39 is 23.2 Å². The van der Waals surface area contributed by atoms with E-state index in [0.29, 0.717) is 36.8 Å². The Hall–Kier alpha value is -3.93. The number of benzene rings is 2. The molecule has 3 fully saturated rings. The van der Waals surface area contributed by atoms with Crippen molar-refractivity contribution in [2.45, 2.75) is 83.3 Å². The molecule has 3 aromatic rings. The van der Waals surface area contributed by atoms with Crippen molar-refractivity contribution < 1.29 is 27.5 Å². The van der Waals surface area contributed by atoms with Gasteiger partial charge in [-0.15, -0.1) is 10.2 Å². The zero-order valence-electron chi connectivity index (χ0n) is 27.5. The molecule has 0 unspecified atom stereocenters. The molecule has 2 atom stereocenters. The van der Waals surface area contributed by atoms with Gasteiger partial charge < -0.3 is 19.1 Å². The number of rotatable bonds is 5. The van der Waals surface area contributed by atoms with Gasteiger partial charge in [-0.2, -0.15) is 13.2 Å². The van der Waals surface area contributed by atoms with Crippen LogP contribution in [-0.4, -0.2) is 67.8 Å². The van der Waals surface area contributed by atoms with Crippen LogP contribution in [-0.2, 0) is 36.5 Å². The van der Waals surface area contributed by atoms with Gasteiger partial charge in [0.25, 0.3) is 5.91 Å². The van der Waals surface area contributed by atoms with Crippen LogP contribution in [0.3, 0.4) is 0 Å². The minimum Gasteiger partial charge on any atom is -0.444 e. The molecular weight excluding hydrogens is 609 g/mol. The van der Waals surface area contributed by atoms with Crippen molar-refractivity contribution >= 4 is 17.7 Å². The van der Waals surface area contributed by atoms with Crippen LogP contribution in [0.2, 0.25) is 0 Å². The van der Waals surface area contributed by atoms with Crippen LogP contribution >= 0.6 is 0 Å². The Morgan fingerprint density at radius 3 is 2.53 bits per heavy atom. The van der Waals surface area contributed by atoms with Crippen LogP contribution in [0.4, 0.5) is 23.7 Å². The maximum Gasteiger partial charge on any atom is 0.416 e. The normalized spacial score (nSPS) is 26.0. The van der Waals surface area contributed by atoms with Gasteiger partial charge in [-0.1, -0.05) is 19.1 Å². The molecule has 0 N–H and O–H groups in total. The first-order chi connectivity index (χ1) is 22.1. The minimum absolute atomic E-state index is 0.00586. The third-order valence-corrected chi connectivity index (χ3v) is 10.3. The highest BCUT2D eigenvalue weighted by Crippen LogP contribution is 2.52. The number of nitrogens with zero attached hydrogens (tertiary/aromatic N) is 6. The van der Waals surface area contributed by atoms with Gasteiger partial charge in [0, 0.05) is 44.5 Å². The highest BCUT2D eigenvalue weighted by atomic mass is 19.4. The first kappa shape index (κ1) is 31.7. The van der Waals surface area contributed by atoms with Crippen molar-refractivity contribution in [1.82, 2.24) is 24.6 Å². The first-order valence-corrected chi connectivity index (χ1v) is 16.3. The lowest BCUT2D eigenvalue weighted by Gasteiger charge is -2.46. The van der Waals surface area contributed by atoms with E-state index in [0.717, 1.165) is 30.7 Å². The Kier molecular flexibility index (Phi) is 7.46. The van der Waals surface area contributed by atoms with E-state index in [2.05, 4.69) is 22.0 Å². The van der Waals surface area contributed by atoms with E-state index in [9.17, 15) is 22.8 Å². The molecule has 250 valence electrons. The summed E-state index contributed by atoms with van der Waals surface area (Å²) >= 11 is 0. The molecule has 47 heavy (non-hydrogen) atoms. The molecule has 7 rings (SSSR count). The number of hydrogen-bond acceptors (Lipinski definition) is 6. The summed E-state index contributed by atoms with van der Waals surface area (Å²) in [6, 6.07) is 10.4. The lowest BCUT2D eigenvalue weighted by molar-refractivity contribution is -0.138. The second-order valence-corrected chi connectivity index (χ2v) is 15.0. The molecule has 2 aromatic carbocycles. The molecule has 0 bridgehead atoms. The van der Waals surface area contributed by atoms with Gasteiger partial charge in [0.15, 0.2) is 0 Å². The van der Waals surface area contributed by atoms with Gasteiger partial charge in [0.05, 0.1) is 23.6 Å². The molecule has 12 heteroatoms. The third-order valence-electron chi connectivity index (χ3n) is 10.3. The van der Waals surface area contributed by atoms with E-state index in [-0.39, 0.29) is 47.7 Å². The van der Waals surface area contributed by atoms with Gasteiger partial charge in [-0.3, -0.25) is 9.69 Å². The number of aromatic nitrogens is 3. The third kappa shape index (κ3) is 5.58. The summed E-state index contributed by atoms with van der Waals surface area (Å²) in [5, 5.41) is 8.50. The van der Waals surface area contributed by atoms with Crippen LogP contribution in [0, 0.1) is 11.8 Å². The van der Waals surface area contributed by atoms with Gasteiger partial charge in [-0.25, -0.2) is 4.79 Å². The number of likely N-dealkylation sites (tertiary alicyclic amines) is 2. The summed E-state index contributed by atoms with van der Waals surface area (Å²) in [7, 11) is 1.91. The quantitative estimate of drug-likeness (QED) is 0.330. The van der Waals surface area contributed by atoms with Gasteiger partial charge in [0.1, 0.15) is 17.8 Å². The Balaban J connectivity index is 1.14. The molecular formula is C35H41F3N6O3. The topological polar surface area (TPSA) is 83.8 Å². The molecule has 4 heterocycles. The fourth-order valence-corrected chi connectivity index (χ4v) is 8.37. The maximum absolute atomic E-state index is 14.5. The molecule has 0 spiro atoms. The SMILES string of the molecule is CC1CC(c2cccc(N3Cc4c(cc(CN5C[C@@H]6CCN(C(=O)OC(C)(C)C)[C@@H]6C5)cc4C(F)(F)F)C3=O)c2)(c2nncn2C)C1. The molecule has 2 amide bonds. The van der Waals surface area contributed by atoms with Crippen LogP contribution in [0.25, 0.3) is 0 Å². The summed E-state index contributed by atoms with van der Waals surface area (Å²) in [5.74, 6) is 1.12. The molecule has 3 aliphatic heterocycles. The van der Waals surface area contributed by atoms with Gasteiger partial charge in [0.2, 0.25) is 0 Å². The number of carbonyl (C=O) groups is 2. The van der Waals surface area contributed by atoms with Crippen molar-refractivity contribution in [2.24, 2.45) is 18.9 Å². The molecule has 1 aromatic heterocycles. The highest BCUT2D eigenvalue weighted by molar-refractivity contribution is 6.10. The first-order valence-electron chi connectivity index (χ1n) is 16.3. The molecule has 4 aliphatic rings. The van der Waals surface area contributed by atoms with E-state index in [1.807, 2.05) is 50.6 Å². The molecule has 1 saturated carbocycles. The Morgan fingerprint density at radius 2 is 1.87 bits per heavy atom. The van der Waals surface area contributed by atoms with Gasteiger partial charge >= 0.3 is 12.3 Å². The highest BCUT2D eigenvalue weighted by Gasteiger charge is 2.49. The molecule has 9 nitrogen and oxygen atoms in total. The average Bonchev–Trinajstić information content (AvgIpc) is 3.74. The number of alkyl halides is 3. The summed E-state index contributed by atoms with van der Waals surface area (Å²) in [5.41, 5.74) is 0.332. The number of ether oxygens (including phenoxy) is 1. The fraction of sp³-hybridized carbons (Fsp3) is 0.543. The number of anilines is 1. The lowest BCUT2D eigenvalue weighted by Crippen LogP contribution is -2.43. The van der Waals surface area contributed by atoms with Crippen LogP contribution in [0.5, 0.6) is 0 Å². The Morgan fingerprint density at radius 1 is 1.11 bits per heavy atom. The molecule has 1 aliphatic carbocycles. The van der Waals surface area contributed by atoms with Crippen molar-refractivity contribution in [3.8, 4) is 0 Å². The van der Waals surface area contributed by atoms with E-state index in [1.165, 1.54) is 11.0 Å². The monoisotopic (exact) mass is 650 g/mol. The summed E-state index contributed by atoms with van der Waals surface area (Å²) < 4.78 is 51.2. The summed E-state index contributed by atoms with van der Waals surface area (Å²) in [4.78, 5) is 32.0. The van der Waals surface area contributed by atoms with Crippen molar-refractivity contribution in [3.05, 3.63) is 76.4 Å². The second-order valence-electron chi connectivity index (χ2n) is 15.0. The number of aryl methyl sites for hydroxylation is 1. The zero-order valence-corrected chi connectivity index (χ0v) is 27.5. The standard InChI is InChI=1S/C35H41F3N6O3/c1-21-14-34(15-21,31-40-39-20-41(31)5)24-7-6-8-25(13-24)44-18-27-26(30(44)45)11-22(12-28(27)35(36,37)38)16-42-17-23-9-10-43(29(23)19-42)32(46)47-33(2,3)4/h6-8,11-13,20-21,23,29H,9-10,14-19H2,1-5H3/t21?,23-,29+,34?/m0/s1. The van der Waals surface area contributed by atoms with Crippen LogP contribution in [0.15, 0.2) is 42.7 Å². The fourth-order valence-electron chi connectivity index (χ4n) is 8.37. The lowest BCUT2D eigenvalue weighted by atomic mass is 9.58. The average molecular weight is 651 g/mol. The number of carbonyl (C=O) groups excluding carboxylic acids is 2. The van der Waals surface area contributed by atoms with Crippen molar-refractivity contribution in [1.29, 1.82) is 0 Å². The minimum atomic E-state index is -4.62. The molecule has 0 radical (unpaired) electrons. The Bertz CT molecular complexity index is 1720. The van der Waals surface area contributed by atoms with Crippen molar-refractivity contribution in [3.63, 3.8) is 0 Å². The second kappa shape index (κ2) is 11.1. The number of amides is 2. The van der Waals surface area contributed by atoms with E-state index >= 15 is 0 Å². The Labute approximate surface area is 272 Å². The van der Waals surface area contributed by atoms with Crippen LogP contribution in [0.1, 0.15) is 85.4 Å². The van der Waals surface area contributed by atoms with Crippen molar-refractivity contribution in [2.75, 3.05) is 24.5 Å². The molecule has 2 saturated heterocycles. The predicted molar refractivity (Wildman–Crippen MR) is 169 cm³/mol. The smallest absolute Gasteiger partial charge is 0.416 e. The van der Waals surface area contributed by atoms with Crippen LogP contribution < -0.4 is 4.90 Å². The number of hydrogen-bond donors (Lipinski definition) is 0. The van der Waals surface area contributed by atoms with E-state index in [4.69, 9.17) is 4.74 Å². The summed E-state index contributed by atoms with van der Waals surface area (Å²) in [6.07, 6.45) is -0.745. The van der Waals surface area contributed by atoms with Gasteiger partial charge in [-0.05, 0) is 92.8 Å². The number of fused-ring (bicyclic) bond motifs is 2. The largest absolute Gasteiger partial charge is 0.444 e. The number of halogens is 3.